The van der Waals surface area contributed by atoms with Crippen LogP contribution in [0.25, 0.3) is 0 Å². The van der Waals surface area contributed by atoms with Gasteiger partial charge in [0.15, 0.2) is 0 Å². The summed E-state index contributed by atoms with van der Waals surface area (Å²) in [6.07, 6.45) is 0. The Hall–Kier alpha value is 0.840. The van der Waals surface area contributed by atoms with Crippen LogP contribution in [-0.4, -0.2) is 11.1 Å². The second kappa shape index (κ2) is 5.45. The predicted molar refractivity (Wildman–Crippen MR) is 83.3 cm³/mol. The van der Waals surface area contributed by atoms with E-state index in [1.54, 1.807) is 6.07 Å². The van der Waals surface area contributed by atoms with Crippen LogP contribution in [0.4, 0.5) is 0 Å². The van der Waals surface area contributed by atoms with E-state index < -0.39 is 11.1 Å². The number of carbonyl (C=O) groups excluding carboxylic acids is 2. The van der Waals surface area contributed by atoms with Crippen molar-refractivity contribution >= 4 is 90.5 Å². The zero-order valence-corrected chi connectivity index (χ0v) is 14.2. The van der Waals surface area contributed by atoms with Crippen molar-refractivity contribution in [1.29, 1.82) is 0 Å². The molecule has 1 aromatic carbocycles. The molecule has 80 valence electrons. The lowest BCUT2D eigenvalue weighted by Gasteiger charge is -2.09. The zero-order chi connectivity index (χ0) is 11.7. The number of nitrogens with two attached hydrogens (primary N) is 1. The van der Waals surface area contributed by atoms with E-state index in [1.807, 2.05) is 67.8 Å². The molecule has 1 rings (SSSR count). The molecule has 0 spiro atoms. The van der Waals surface area contributed by atoms with Crippen molar-refractivity contribution in [3.8, 4) is 0 Å². The van der Waals surface area contributed by atoms with Crippen LogP contribution >= 0.6 is 79.4 Å². The Morgan fingerprint density at radius 2 is 1.60 bits per heavy atom. The molecule has 0 radical (unpaired) electrons. The van der Waals surface area contributed by atoms with Crippen LogP contribution in [0.1, 0.15) is 20.7 Å². The first kappa shape index (κ1) is 13.9. The van der Waals surface area contributed by atoms with Gasteiger partial charge in [0.2, 0.25) is 0 Å². The van der Waals surface area contributed by atoms with Crippen molar-refractivity contribution in [2.75, 3.05) is 0 Å². The van der Waals surface area contributed by atoms with Gasteiger partial charge in [0.05, 0.1) is 11.1 Å². The van der Waals surface area contributed by atoms with Gasteiger partial charge < -0.3 is 5.73 Å². The Morgan fingerprint density at radius 1 is 1.13 bits per heavy atom. The number of hydrogen-bond acceptors (Lipinski definition) is 2. The third kappa shape index (κ3) is 2.94. The van der Waals surface area contributed by atoms with Gasteiger partial charge in [-0.1, -0.05) is 0 Å². The quantitative estimate of drug-likeness (QED) is 0.446. The van der Waals surface area contributed by atoms with Gasteiger partial charge in [-0.15, -0.1) is 0 Å². The summed E-state index contributed by atoms with van der Waals surface area (Å²) in [5.74, 6) is -0.556. The average Bonchev–Trinajstić information content (AvgIpc) is 1.99. The third-order valence-corrected chi connectivity index (χ3v) is 4.58. The van der Waals surface area contributed by atoms with E-state index in [-0.39, 0.29) is 0 Å². The first-order chi connectivity index (χ1) is 6.86. The lowest BCUT2D eigenvalue weighted by Crippen LogP contribution is -2.17. The summed E-state index contributed by atoms with van der Waals surface area (Å²) in [4.78, 5) is 22.4. The summed E-state index contributed by atoms with van der Waals surface area (Å²) in [6, 6.07) is 1.71. The Balaban J connectivity index is 3.64. The monoisotopic (exact) mass is 561 g/mol. The molecule has 0 aliphatic carbocycles. The smallest absolute Gasteiger partial charge is 0.254 e. The molecule has 3 nitrogen and oxygen atoms in total. The molecule has 0 aromatic heterocycles. The first-order valence-electron chi connectivity index (χ1n) is 3.53. The largest absolute Gasteiger partial charge is 0.366 e. The summed E-state index contributed by atoms with van der Waals surface area (Å²) < 4.78 is 1.94. The zero-order valence-electron chi connectivity index (χ0n) is 6.98. The van der Waals surface area contributed by atoms with Crippen molar-refractivity contribution in [3.63, 3.8) is 0 Å². The minimum Gasteiger partial charge on any atom is -0.366 e. The molecule has 0 unspecified atom stereocenters. The molecule has 1 aromatic rings. The molecule has 15 heavy (non-hydrogen) atoms. The highest BCUT2D eigenvalue weighted by Gasteiger charge is 2.20. The Kier molecular flexibility index (Phi) is 5.05. The highest BCUT2D eigenvalue weighted by molar-refractivity contribution is 14.1. The molecule has 0 aliphatic heterocycles. The fourth-order valence-corrected chi connectivity index (χ4v) is 5.90. The molecule has 0 aliphatic rings. The molecule has 0 bridgehead atoms. The molecule has 0 heterocycles. The SMILES string of the molecule is NC(=O)c1c(I)cc(I)c(C(=O)Cl)c1I. The minimum atomic E-state index is -0.581. The van der Waals surface area contributed by atoms with Crippen molar-refractivity contribution in [2.24, 2.45) is 5.73 Å². The standard InChI is InChI=1S/C8H3ClI3NO2/c9-7(14)4-2(10)1-3(11)5(6(4)12)8(13)15/h1H,(H2,13,15). The minimum absolute atomic E-state index is 0.340. The van der Waals surface area contributed by atoms with Crippen molar-refractivity contribution < 1.29 is 9.59 Å². The Morgan fingerprint density at radius 3 is 2.00 bits per heavy atom. The number of hydrogen-bond donors (Lipinski definition) is 1. The van der Waals surface area contributed by atoms with Gasteiger partial charge in [0.1, 0.15) is 0 Å². The van der Waals surface area contributed by atoms with Crippen molar-refractivity contribution in [3.05, 3.63) is 27.9 Å². The summed E-state index contributed by atoms with van der Waals surface area (Å²) in [7, 11) is 0. The van der Waals surface area contributed by atoms with Gasteiger partial charge in [-0.05, 0) is 85.4 Å². The third-order valence-electron chi connectivity index (χ3n) is 1.61. The molecule has 0 fully saturated rings. The van der Waals surface area contributed by atoms with E-state index in [9.17, 15) is 9.59 Å². The van der Waals surface area contributed by atoms with Crippen LogP contribution in [-0.2, 0) is 0 Å². The van der Waals surface area contributed by atoms with Gasteiger partial charge >= 0.3 is 0 Å². The molecule has 0 saturated carbocycles. The summed E-state index contributed by atoms with van der Waals surface area (Å²) in [6.45, 7) is 0. The van der Waals surface area contributed by atoms with Gasteiger partial charge in [0.25, 0.3) is 11.1 Å². The number of rotatable bonds is 2. The van der Waals surface area contributed by atoms with E-state index >= 15 is 0 Å². The fourth-order valence-electron chi connectivity index (χ4n) is 0.996. The molecular weight excluding hydrogens is 558 g/mol. The highest BCUT2D eigenvalue weighted by atomic mass is 127. The van der Waals surface area contributed by atoms with E-state index in [0.29, 0.717) is 18.3 Å². The van der Waals surface area contributed by atoms with Crippen LogP contribution in [0.2, 0.25) is 0 Å². The predicted octanol–water partition coefficient (Wildman–Crippen LogP) is 2.98. The van der Waals surface area contributed by atoms with Crippen LogP contribution in [0.5, 0.6) is 0 Å². The lowest BCUT2D eigenvalue weighted by atomic mass is 10.1. The maximum atomic E-state index is 11.2. The Bertz CT molecular complexity index is 423. The first-order valence-corrected chi connectivity index (χ1v) is 7.14. The fraction of sp³-hybridized carbons (Fsp3) is 0. The second-order valence-electron chi connectivity index (χ2n) is 2.54. The van der Waals surface area contributed by atoms with E-state index in [0.717, 1.165) is 3.57 Å². The molecule has 1 amide bonds. The van der Waals surface area contributed by atoms with Crippen LogP contribution in [0.15, 0.2) is 6.07 Å². The van der Waals surface area contributed by atoms with Crippen molar-refractivity contribution in [1.82, 2.24) is 0 Å². The second-order valence-corrected chi connectivity index (χ2v) is 6.29. The summed E-state index contributed by atoms with van der Waals surface area (Å²) >= 11 is 11.3. The molecule has 7 heteroatoms. The molecule has 0 atom stereocenters. The molecule has 2 N–H and O–H groups in total. The van der Waals surface area contributed by atoms with E-state index in [4.69, 9.17) is 17.3 Å². The van der Waals surface area contributed by atoms with Crippen LogP contribution in [0, 0.1) is 10.7 Å². The Labute approximate surface area is 132 Å². The highest BCUT2D eigenvalue weighted by Crippen LogP contribution is 2.28. The average molecular weight is 561 g/mol. The van der Waals surface area contributed by atoms with Crippen LogP contribution < -0.4 is 5.73 Å². The maximum absolute atomic E-state index is 11.2. The maximum Gasteiger partial charge on any atom is 0.254 e. The number of carbonyl (C=O) groups is 2. The number of benzene rings is 1. The number of halogens is 4. The van der Waals surface area contributed by atoms with Gasteiger partial charge in [-0.25, -0.2) is 0 Å². The van der Waals surface area contributed by atoms with Gasteiger partial charge in [-0.3, -0.25) is 9.59 Å². The van der Waals surface area contributed by atoms with E-state index in [1.165, 1.54) is 0 Å². The normalized spacial score (nSPS) is 10.1. The van der Waals surface area contributed by atoms with Gasteiger partial charge in [0, 0.05) is 10.7 Å². The number of primary amides is 1. The summed E-state index contributed by atoms with van der Waals surface area (Å²) in [5, 5.41) is -0.581. The summed E-state index contributed by atoms with van der Waals surface area (Å²) in [5.41, 5.74) is 5.92. The van der Waals surface area contributed by atoms with Gasteiger partial charge in [-0.2, -0.15) is 0 Å². The van der Waals surface area contributed by atoms with Crippen molar-refractivity contribution in [2.45, 2.75) is 0 Å². The lowest BCUT2D eigenvalue weighted by molar-refractivity contribution is 0.0998. The van der Waals surface area contributed by atoms with Crippen LogP contribution in [0.3, 0.4) is 0 Å². The molecular formula is C8H3ClI3NO2. The topological polar surface area (TPSA) is 60.2 Å². The molecule has 0 saturated heterocycles. The number of amides is 1. The van der Waals surface area contributed by atoms with E-state index in [2.05, 4.69) is 0 Å².